The maximum absolute atomic E-state index is 12.9. The molecule has 7 nitrogen and oxygen atoms in total. The van der Waals surface area contributed by atoms with Crippen molar-refractivity contribution < 1.29 is 14.3 Å². The Kier molecular flexibility index (Phi) is 5.04. The van der Waals surface area contributed by atoms with Gasteiger partial charge in [-0.2, -0.15) is 0 Å². The fourth-order valence-electron chi connectivity index (χ4n) is 3.49. The van der Waals surface area contributed by atoms with Gasteiger partial charge >= 0.3 is 0 Å². The first kappa shape index (κ1) is 18.5. The van der Waals surface area contributed by atoms with Gasteiger partial charge in [0.15, 0.2) is 11.5 Å². The first-order chi connectivity index (χ1) is 13.6. The molecule has 0 spiro atoms. The molecule has 1 amide bonds. The maximum Gasteiger partial charge on any atom is 0.254 e. The normalized spacial score (nSPS) is 14.4. The largest absolute Gasteiger partial charge is 0.493 e. The molecule has 2 aromatic heterocycles. The Balaban J connectivity index is 1.48. The first-order valence-electron chi connectivity index (χ1n) is 9.08. The number of piperazine rings is 1. The Bertz CT molecular complexity index is 1010. The first-order valence-corrected chi connectivity index (χ1v) is 9.89. The van der Waals surface area contributed by atoms with Crippen LogP contribution in [0.25, 0.3) is 10.2 Å². The minimum atomic E-state index is -0.000171. The van der Waals surface area contributed by atoms with Gasteiger partial charge in [0.1, 0.15) is 17.0 Å². The molecule has 0 radical (unpaired) electrons. The van der Waals surface area contributed by atoms with E-state index in [-0.39, 0.29) is 5.91 Å². The van der Waals surface area contributed by atoms with Gasteiger partial charge in [-0.15, -0.1) is 11.3 Å². The third-order valence-corrected chi connectivity index (χ3v) is 5.89. The lowest BCUT2D eigenvalue weighted by molar-refractivity contribution is 0.0746. The molecule has 0 bridgehead atoms. The van der Waals surface area contributed by atoms with Crippen molar-refractivity contribution >= 4 is 33.3 Å². The van der Waals surface area contributed by atoms with Gasteiger partial charge in [-0.05, 0) is 31.2 Å². The second kappa shape index (κ2) is 7.63. The monoisotopic (exact) mass is 398 g/mol. The van der Waals surface area contributed by atoms with E-state index >= 15 is 0 Å². The number of anilines is 1. The van der Waals surface area contributed by atoms with Gasteiger partial charge in [-0.3, -0.25) is 4.79 Å². The zero-order valence-corrected chi connectivity index (χ0v) is 17.0. The van der Waals surface area contributed by atoms with E-state index < -0.39 is 0 Å². The predicted molar refractivity (Wildman–Crippen MR) is 110 cm³/mol. The standard InChI is InChI=1S/C20H22N4O3S/c1-13-10-15-18(21-12-22-19(15)28-13)23-6-8-24(9-7-23)20(25)14-4-5-16(26-2)17(11-14)27-3/h4-5,10-12H,6-9H2,1-3H3. The van der Waals surface area contributed by atoms with Crippen molar-refractivity contribution in [1.82, 2.24) is 14.9 Å². The van der Waals surface area contributed by atoms with E-state index in [2.05, 4.69) is 27.9 Å². The fraction of sp³-hybridized carbons (Fsp3) is 0.350. The Hall–Kier alpha value is -2.87. The topological polar surface area (TPSA) is 67.8 Å². The highest BCUT2D eigenvalue weighted by atomic mass is 32.1. The molecule has 0 atom stereocenters. The highest BCUT2D eigenvalue weighted by Gasteiger charge is 2.25. The number of nitrogens with zero attached hydrogens (tertiary/aromatic N) is 4. The molecule has 1 aliphatic heterocycles. The van der Waals surface area contributed by atoms with Crippen LogP contribution in [0.4, 0.5) is 5.82 Å². The number of fused-ring (bicyclic) bond motifs is 1. The quantitative estimate of drug-likeness (QED) is 0.673. The van der Waals surface area contributed by atoms with Crippen LogP contribution in [0.5, 0.6) is 11.5 Å². The molecule has 0 saturated carbocycles. The summed E-state index contributed by atoms with van der Waals surface area (Å²) in [5.74, 6) is 2.12. The van der Waals surface area contributed by atoms with Crippen molar-refractivity contribution in [2.24, 2.45) is 0 Å². The number of hydrogen-bond acceptors (Lipinski definition) is 7. The van der Waals surface area contributed by atoms with E-state index in [0.29, 0.717) is 30.2 Å². The highest BCUT2D eigenvalue weighted by molar-refractivity contribution is 7.18. The Morgan fingerprint density at radius 3 is 2.50 bits per heavy atom. The average Bonchev–Trinajstić information content (AvgIpc) is 3.13. The van der Waals surface area contributed by atoms with Gasteiger partial charge in [0, 0.05) is 36.6 Å². The van der Waals surface area contributed by atoms with E-state index in [1.165, 1.54) is 4.88 Å². The molecule has 1 aromatic carbocycles. The number of ether oxygens (including phenoxy) is 2. The number of amides is 1. The maximum atomic E-state index is 12.9. The van der Waals surface area contributed by atoms with Gasteiger partial charge in [0.2, 0.25) is 0 Å². The lowest BCUT2D eigenvalue weighted by atomic mass is 10.1. The van der Waals surface area contributed by atoms with Gasteiger partial charge in [-0.1, -0.05) is 0 Å². The van der Waals surface area contributed by atoms with Crippen LogP contribution in [0.15, 0.2) is 30.6 Å². The van der Waals surface area contributed by atoms with Crippen LogP contribution in [0.2, 0.25) is 0 Å². The number of methoxy groups -OCH3 is 2. The molecule has 4 rings (SSSR count). The fourth-order valence-corrected chi connectivity index (χ4v) is 4.33. The van der Waals surface area contributed by atoms with Crippen LogP contribution in [-0.4, -0.2) is 61.2 Å². The summed E-state index contributed by atoms with van der Waals surface area (Å²) < 4.78 is 10.6. The third kappa shape index (κ3) is 3.35. The number of carbonyl (C=O) groups excluding carboxylic acids is 1. The molecule has 28 heavy (non-hydrogen) atoms. The summed E-state index contributed by atoms with van der Waals surface area (Å²) in [6.45, 7) is 4.83. The summed E-state index contributed by atoms with van der Waals surface area (Å²) in [6.07, 6.45) is 1.62. The molecule has 1 saturated heterocycles. The van der Waals surface area contributed by atoms with Crippen molar-refractivity contribution in [1.29, 1.82) is 0 Å². The zero-order chi connectivity index (χ0) is 19.7. The predicted octanol–water partition coefficient (Wildman–Crippen LogP) is 2.98. The summed E-state index contributed by atoms with van der Waals surface area (Å²) in [6, 6.07) is 7.41. The molecule has 3 aromatic rings. The van der Waals surface area contributed by atoms with E-state index in [1.807, 2.05) is 4.90 Å². The number of hydrogen-bond donors (Lipinski definition) is 0. The summed E-state index contributed by atoms with van der Waals surface area (Å²) in [7, 11) is 3.15. The molecule has 0 unspecified atom stereocenters. The highest BCUT2D eigenvalue weighted by Crippen LogP contribution is 2.31. The second-order valence-corrected chi connectivity index (χ2v) is 7.86. The lowest BCUT2D eigenvalue weighted by Gasteiger charge is -2.35. The van der Waals surface area contributed by atoms with E-state index in [4.69, 9.17) is 9.47 Å². The van der Waals surface area contributed by atoms with Crippen LogP contribution in [0.3, 0.4) is 0 Å². The van der Waals surface area contributed by atoms with E-state index in [1.54, 1.807) is 50.1 Å². The lowest BCUT2D eigenvalue weighted by Crippen LogP contribution is -2.49. The average molecular weight is 398 g/mol. The van der Waals surface area contributed by atoms with Crippen molar-refractivity contribution in [2.75, 3.05) is 45.3 Å². The van der Waals surface area contributed by atoms with E-state index in [0.717, 1.165) is 29.1 Å². The SMILES string of the molecule is COc1ccc(C(=O)N2CCN(c3ncnc4sc(C)cc34)CC2)cc1OC. The Morgan fingerprint density at radius 2 is 1.79 bits per heavy atom. The van der Waals surface area contributed by atoms with Gasteiger partial charge < -0.3 is 19.3 Å². The number of aryl methyl sites for hydroxylation is 1. The minimum Gasteiger partial charge on any atom is -0.493 e. The van der Waals surface area contributed by atoms with Gasteiger partial charge in [-0.25, -0.2) is 9.97 Å². The zero-order valence-electron chi connectivity index (χ0n) is 16.1. The van der Waals surface area contributed by atoms with E-state index in [9.17, 15) is 4.79 Å². The summed E-state index contributed by atoms with van der Waals surface area (Å²) in [4.78, 5) is 28.1. The number of rotatable bonds is 4. The molecule has 1 aliphatic rings. The van der Waals surface area contributed by atoms with Crippen molar-refractivity contribution in [2.45, 2.75) is 6.92 Å². The summed E-state index contributed by atoms with van der Waals surface area (Å²) >= 11 is 1.68. The molecule has 0 N–H and O–H groups in total. The molecule has 8 heteroatoms. The second-order valence-electron chi connectivity index (χ2n) is 6.62. The molecule has 146 valence electrons. The van der Waals surface area contributed by atoms with Crippen molar-refractivity contribution in [3.63, 3.8) is 0 Å². The van der Waals surface area contributed by atoms with Crippen molar-refractivity contribution in [3.8, 4) is 11.5 Å². The van der Waals surface area contributed by atoms with Crippen LogP contribution in [-0.2, 0) is 0 Å². The smallest absolute Gasteiger partial charge is 0.254 e. The van der Waals surface area contributed by atoms with Crippen LogP contribution in [0.1, 0.15) is 15.2 Å². The molecular formula is C20H22N4O3S. The van der Waals surface area contributed by atoms with Crippen LogP contribution in [0, 0.1) is 6.92 Å². The Morgan fingerprint density at radius 1 is 1.04 bits per heavy atom. The third-order valence-electron chi connectivity index (χ3n) is 4.93. The number of benzene rings is 1. The molecular weight excluding hydrogens is 376 g/mol. The molecule has 3 heterocycles. The number of thiophene rings is 1. The molecule has 1 fully saturated rings. The van der Waals surface area contributed by atoms with Crippen LogP contribution < -0.4 is 14.4 Å². The summed E-state index contributed by atoms with van der Waals surface area (Å²) in [5, 5.41) is 1.09. The van der Waals surface area contributed by atoms with Gasteiger partial charge in [0.05, 0.1) is 19.6 Å². The van der Waals surface area contributed by atoms with Crippen LogP contribution >= 0.6 is 11.3 Å². The Labute approximate surface area is 167 Å². The molecule has 0 aliphatic carbocycles. The van der Waals surface area contributed by atoms with Crippen molar-refractivity contribution in [3.05, 3.63) is 41.0 Å². The number of carbonyl (C=O) groups is 1. The minimum absolute atomic E-state index is 0.000171. The number of aromatic nitrogens is 2. The summed E-state index contributed by atoms with van der Waals surface area (Å²) in [5.41, 5.74) is 0.601. The van der Waals surface area contributed by atoms with Gasteiger partial charge in [0.25, 0.3) is 5.91 Å².